The van der Waals surface area contributed by atoms with Crippen LogP contribution in [0.4, 0.5) is 5.69 Å². The third-order valence-corrected chi connectivity index (χ3v) is 3.30. The van der Waals surface area contributed by atoms with E-state index in [1.165, 1.54) is 12.0 Å². The lowest BCUT2D eigenvalue weighted by Gasteiger charge is -2.22. The zero-order chi connectivity index (χ0) is 12.4. The summed E-state index contributed by atoms with van der Waals surface area (Å²) in [5.74, 6) is 1.70. The number of anilines is 1. The molecule has 1 fully saturated rings. The largest absolute Gasteiger partial charge is 0.496 e. The highest BCUT2D eigenvalue weighted by molar-refractivity contribution is 5.72. The molecule has 0 unspecified atom stereocenters. The molecule has 3 nitrogen and oxygen atoms in total. The molecule has 0 spiro atoms. The lowest BCUT2D eigenvalue weighted by molar-refractivity contribution is 0.358. The maximum Gasteiger partial charge on any atom is 0.142 e. The first-order valence-corrected chi connectivity index (χ1v) is 5.88. The number of benzene rings is 1. The second-order valence-corrected chi connectivity index (χ2v) is 4.40. The van der Waals surface area contributed by atoms with Crippen LogP contribution < -0.4 is 10.5 Å². The van der Waals surface area contributed by atoms with Crippen molar-refractivity contribution < 1.29 is 9.47 Å². The summed E-state index contributed by atoms with van der Waals surface area (Å²) >= 11 is 0. The van der Waals surface area contributed by atoms with Crippen molar-refractivity contribution in [3.05, 3.63) is 28.8 Å². The summed E-state index contributed by atoms with van der Waals surface area (Å²) in [5, 5.41) is 0. The standard InChI is InChI=1S/C14H19NO2/c1-9-7-12(15)13(16-2)8-11(9)14(17-3)10-5-4-6-10/h7-8H,4-6,15H2,1-3H3. The van der Waals surface area contributed by atoms with Crippen LogP contribution in [0.3, 0.4) is 0 Å². The number of allylic oxidation sites excluding steroid dienone is 1. The molecule has 0 aromatic heterocycles. The molecule has 1 aliphatic rings. The van der Waals surface area contributed by atoms with Crippen LogP contribution >= 0.6 is 0 Å². The Morgan fingerprint density at radius 2 is 1.94 bits per heavy atom. The van der Waals surface area contributed by atoms with Gasteiger partial charge in [-0.15, -0.1) is 0 Å². The molecule has 1 aromatic rings. The minimum atomic E-state index is 0.669. The molecule has 0 heterocycles. The van der Waals surface area contributed by atoms with Crippen molar-refractivity contribution in [1.82, 2.24) is 0 Å². The Morgan fingerprint density at radius 3 is 2.41 bits per heavy atom. The Kier molecular flexibility index (Phi) is 3.27. The third kappa shape index (κ3) is 2.09. The molecule has 0 bridgehead atoms. The number of methoxy groups -OCH3 is 2. The van der Waals surface area contributed by atoms with E-state index in [1.807, 2.05) is 19.1 Å². The first kappa shape index (κ1) is 11.8. The summed E-state index contributed by atoms with van der Waals surface area (Å²) in [7, 11) is 3.36. The molecule has 2 N–H and O–H groups in total. The van der Waals surface area contributed by atoms with Gasteiger partial charge in [0.1, 0.15) is 11.5 Å². The predicted molar refractivity (Wildman–Crippen MR) is 69.9 cm³/mol. The molecule has 0 amide bonds. The van der Waals surface area contributed by atoms with E-state index in [0.717, 1.165) is 29.7 Å². The third-order valence-electron chi connectivity index (χ3n) is 3.30. The molecule has 1 aliphatic carbocycles. The fourth-order valence-corrected chi connectivity index (χ4v) is 2.16. The highest BCUT2D eigenvalue weighted by atomic mass is 16.5. The molecule has 1 saturated carbocycles. The van der Waals surface area contributed by atoms with Gasteiger partial charge in [-0.3, -0.25) is 0 Å². The second-order valence-electron chi connectivity index (χ2n) is 4.40. The van der Waals surface area contributed by atoms with E-state index in [1.54, 1.807) is 14.2 Å². The quantitative estimate of drug-likeness (QED) is 0.644. The molecule has 1 aromatic carbocycles. The predicted octanol–water partition coefficient (Wildman–Crippen LogP) is 3.13. The number of rotatable bonds is 3. The first-order chi connectivity index (χ1) is 8.17. The molecular formula is C14H19NO2. The van der Waals surface area contributed by atoms with Crippen LogP contribution in [0, 0.1) is 6.92 Å². The van der Waals surface area contributed by atoms with Gasteiger partial charge in [-0.1, -0.05) is 0 Å². The fourth-order valence-electron chi connectivity index (χ4n) is 2.16. The summed E-state index contributed by atoms with van der Waals surface area (Å²) in [4.78, 5) is 0. The summed E-state index contributed by atoms with van der Waals surface area (Å²) in [6, 6.07) is 3.90. The van der Waals surface area contributed by atoms with E-state index in [-0.39, 0.29) is 0 Å². The normalized spacial score (nSPS) is 14.2. The highest BCUT2D eigenvalue weighted by Crippen LogP contribution is 2.37. The first-order valence-electron chi connectivity index (χ1n) is 5.88. The average molecular weight is 233 g/mol. The zero-order valence-corrected chi connectivity index (χ0v) is 10.7. The van der Waals surface area contributed by atoms with E-state index >= 15 is 0 Å². The number of nitrogen functional groups attached to an aromatic ring is 1. The Hall–Kier alpha value is -1.64. The summed E-state index contributed by atoms with van der Waals surface area (Å²) < 4.78 is 10.8. The van der Waals surface area contributed by atoms with Crippen LogP contribution in [-0.4, -0.2) is 14.2 Å². The number of hydrogen-bond acceptors (Lipinski definition) is 3. The monoisotopic (exact) mass is 233 g/mol. The van der Waals surface area contributed by atoms with Gasteiger partial charge < -0.3 is 15.2 Å². The molecule has 3 heteroatoms. The van der Waals surface area contributed by atoms with Gasteiger partial charge in [0, 0.05) is 5.56 Å². The maximum absolute atomic E-state index is 5.88. The van der Waals surface area contributed by atoms with E-state index in [9.17, 15) is 0 Å². The SMILES string of the molecule is COC(=C1CCC1)c1cc(OC)c(N)cc1C. The Labute approximate surface area is 102 Å². The van der Waals surface area contributed by atoms with Gasteiger partial charge in [-0.25, -0.2) is 0 Å². The fraction of sp³-hybridized carbons (Fsp3) is 0.429. The van der Waals surface area contributed by atoms with Crippen molar-refractivity contribution in [3.63, 3.8) is 0 Å². The number of aryl methyl sites for hydroxylation is 1. The second kappa shape index (κ2) is 4.70. The molecule has 0 radical (unpaired) electrons. The Bertz CT molecular complexity index is 458. The van der Waals surface area contributed by atoms with Crippen molar-refractivity contribution in [2.45, 2.75) is 26.2 Å². The highest BCUT2D eigenvalue weighted by Gasteiger charge is 2.19. The van der Waals surface area contributed by atoms with Crippen molar-refractivity contribution in [2.24, 2.45) is 0 Å². The van der Waals surface area contributed by atoms with E-state index in [4.69, 9.17) is 15.2 Å². The molecule has 0 atom stereocenters. The number of hydrogen-bond donors (Lipinski definition) is 1. The lowest BCUT2D eigenvalue weighted by Crippen LogP contribution is -2.05. The van der Waals surface area contributed by atoms with Crippen molar-refractivity contribution in [3.8, 4) is 5.75 Å². The van der Waals surface area contributed by atoms with Gasteiger partial charge in [-0.2, -0.15) is 0 Å². The Balaban J connectivity index is 2.50. The van der Waals surface area contributed by atoms with Gasteiger partial charge in [0.05, 0.1) is 19.9 Å². The summed E-state index contributed by atoms with van der Waals surface area (Å²) in [6.07, 6.45) is 3.53. The van der Waals surface area contributed by atoms with Gasteiger partial charge in [-0.05, 0) is 49.5 Å². The minimum absolute atomic E-state index is 0.669. The van der Waals surface area contributed by atoms with Crippen LogP contribution in [-0.2, 0) is 4.74 Å². The smallest absolute Gasteiger partial charge is 0.142 e. The van der Waals surface area contributed by atoms with Crippen LogP contribution in [0.1, 0.15) is 30.4 Å². The van der Waals surface area contributed by atoms with Crippen LogP contribution in [0.5, 0.6) is 5.75 Å². The van der Waals surface area contributed by atoms with E-state index in [0.29, 0.717) is 11.4 Å². The molecule has 0 aliphatic heterocycles. The average Bonchev–Trinajstić information content (AvgIpc) is 2.24. The molecule has 0 saturated heterocycles. The molecule has 17 heavy (non-hydrogen) atoms. The van der Waals surface area contributed by atoms with Crippen LogP contribution in [0.25, 0.3) is 5.76 Å². The molecule has 2 rings (SSSR count). The van der Waals surface area contributed by atoms with Gasteiger partial charge in [0.15, 0.2) is 0 Å². The van der Waals surface area contributed by atoms with Crippen molar-refractivity contribution in [1.29, 1.82) is 0 Å². The Morgan fingerprint density at radius 1 is 1.24 bits per heavy atom. The van der Waals surface area contributed by atoms with Crippen molar-refractivity contribution >= 4 is 11.4 Å². The van der Waals surface area contributed by atoms with Crippen LogP contribution in [0.2, 0.25) is 0 Å². The summed E-state index contributed by atoms with van der Waals surface area (Å²) in [6.45, 7) is 2.05. The van der Waals surface area contributed by atoms with Gasteiger partial charge >= 0.3 is 0 Å². The van der Waals surface area contributed by atoms with Crippen molar-refractivity contribution in [2.75, 3.05) is 20.0 Å². The van der Waals surface area contributed by atoms with E-state index in [2.05, 4.69) is 0 Å². The topological polar surface area (TPSA) is 44.5 Å². The maximum atomic E-state index is 5.88. The lowest BCUT2D eigenvalue weighted by atomic mass is 9.88. The molecular weight excluding hydrogens is 214 g/mol. The van der Waals surface area contributed by atoms with E-state index < -0.39 is 0 Å². The van der Waals surface area contributed by atoms with Crippen LogP contribution in [0.15, 0.2) is 17.7 Å². The summed E-state index contributed by atoms with van der Waals surface area (Å²) in [5.41, 5.74) is 10.2. The van der Waals surface area contributed by atoms with Gasteiger partial charge in [0.2, 0.25) is 0 Å². The molecule has 92 valence electrons. The van der Waals surface area contributed by atoms with Gasteiger partial charge in [0.25, 0.3) is 0 Å². The zero-order valence-electron chi connectivity index (χ0n) is 10.7. The number of nitrogens with two attached hydrogens (primary N) is 1. The minimum Gasteiger partial charge on any atom is -0.496 e. The number of ether oxygens (including phenoxy) is 2.